The normalized spacial score (nSPS) is 11.4. The van der Waals surface area contributed by atoms with Crippen molar-refractivity contribution in [3.05, 3.63) is 23.7 Å². The van der Waals surface area contributed by atoms with Gasteiger partial charge < -0.3 is 14.3 Å². The zero-order valence-electron chi connectivity index (χ0n) is 7.29. The molecule has 1 N–H and O–H groups in total. The molecule has 0 saturated heterocycles. The first kappa shape index (κ1) is 10.6. The second kappa shape index (κ2) is 3.75. The average Bonchev–Trinajstić information content (AvgIpc) is 2.66. The largest absolute Gasteiger partial charge is 0.463 e. The van der Waals surface area contributed by atoms with Crippen LogP contribution < -0.4 is 0 Å². The molecule has 0 radical (unpaired) electrons. The second-order valence-corrected chi connectivity index (χ2v) is 2.52. The summed E-state index contributed by atoms with van der Waals surface area (Å²) in [6.45, 7) is -1.37. The molecule has 1 heterocycles. The fourth-order valence-electron chi connectivity index (χ4n) is 0.823. The molecule has 6 heteroatoms. The Labute approximate surface area is 78.1 Å². The molecule has 1 rings (SSSR count). The van der Waals surface area contributed by atoms with Crippen molar-refractivity contribution in [3.8, 4) is 0 Å². The molecular formula is C8H8F2O4. The molecule has 0 saturated carbocycles. The van der Waals surface area contributed by atoms with E-state index in [0.717, 1.165) is 19.2 Å². The quantitative estimate of drug-likeness (QED) is 0.753. The minimum atomic E-state index is -3.48. The molecule has 0 aliphatic heterocycles. The number of furan rings is 1. The molecule has 0 bridgehead atoms. The summed E-state index contributed by atoms with van der Waals surface area (Å²) in [5.41, 5.74) is 0. The van der Waals surface area contributed by atoms with Crippen molar-refractivity contribution in [1.29, 1.82) is 0 Å². The van der Waals surface area contributed by atoms with Crippen LogP contribution in [-0.4, -0.2) is 24.8 Å². The highest BCUT2D eigenvalue weighted by molar-refractivity contribution is 5.86. The van der Waals surface area contributed by atoms with Crippen LogP contribution in [0.4, 0.5) is 8.78 Å². The van der Waals surface area contributed by atoms with E-state index in [9.17, 15) is 13.6 Å². The Balaban J connectivity index is 2.93. The van der Waals surface area contributed by atoms with Crippen LogP contribution in [0.1, 0.15) is 16.3 Å². The van der Waals surface area contributed by atoms with Gasteiger partial charge in [-0.25, -0.2) is 4.79 Å². The molecule has 0 amide bonds. The SMILES string of the molecule is COC(=O)c1ccc(C(F)(F)CO)o1. The maximum absolute atomic E-state index is 12.8. The fourth-order valence-corrected chi connectivity index (χ4v) is 0.823. The van der Waals surface area contributed by atoms with Gasteiger partial charge in [-0.3, -0.25) is 0 Å². The third kappa shape index (κ3) is 1.90. The molecule has 78 valence electrons. The Bertz CT molecular complexity index is 332. The third-order valence-electron chi connectivity index (χ3n) is 1.55. The summed E-state index contributed by atoms with van der Waals surface area (Å²) in [6.07, 6.45) is 0. The number of ether oxygens (including phenoxy) is 1. The maximum atomic E-state index is 12.8. The maximum Gasteiger partial charge on any atom is 0.373 e. The Morgan fingerprint density at radius 2 is 2.29 bits per heavy atom. The Morgan fingerprint density at radius 3 is 2.79 bits per heavy atom. The van der Waals surface area contributed by atoms with Crippen molar-refractivity contribution < 1.29 is 27.8 Å². The van der Waals surface area contributed by atoms with Gasteiger partial charge in [-0.15, -0.1) is 0 Å². The first-order chi connectivity index (χ1) is 6.51. The van der Waals surface area contributed by atoms with Crippen molar-refractivity contribution in [2.45, 2.75) is 5.92 Å². The number of hydrogen-bond acceptors (Lipinski definition) is 4. The summed E-state index contributed by atoms with van der Waals surface area (Å²) in [4.78, 5) is 10.8. The monoisotopic (exact) mass is 206 g/mol. The van der Waals surface area contributed by atoms with E-state index in [-0.39, 0.29) is 5.76 Å². The lowest BCUT2D eigenvalue weighted by Gasteiger charge is -2.08. The lowest BCUT2D eigenvalue weighted by Crippen LogP contribution is -2.17. The molecule has 1 aromatic rings. The molecule has 0 aliphatic rings. The van der Waals surface area contributed by atoms with Crippen molar-refractivity contribution in [2.24, 2.45) is 0 Å². The lowest BCUT2D eigenvalue weighted by molar-refractivity contribution is -0.0727. The topological polar surface area (TPSA) is 59.7 Å². The predicted molar refractivity (Wildman–Crippen MR) is 41.0 cm³/mol. The summed E-state index contributed by atoms with van der Waals surface area (Å²) in [6, 6.07) is 1.98. The summed E-state index contributed by atoms with van der Waals surface area (Å²) in [7, 11) is 1.11. The van der Waals surface area contributed by atoms with Crippen LogP contribution in [0.15, 0.2) is 16.5 Å². The van der Waals surface area contributed by atoms with E-state index in [1.165, 1.54) is 0 Å². The number of hydrogen-bond donors (Lipinski definition) is 1. The predicted octanol–water partition coefficient (Wildman–Crippen LogP) is 1.15. The van der Waals surface area contributed by atoms with Gasteiger partial charge in [0.2, 0.25) is 5.76 Å². The van der Waals surface area contributed by atoms with Gasteiger partial charge in [-0.2, -0.15) is 8.78 Å². The first-order valence-corrected chi connectivity index (χ1v) is 3.68. The van der Waals surface area contributed by atoms with Crippen LogP contribution in [0.2, 0.25) is 0 Å². The molecule has 0 spiro atoms. The van der Waals surface area contributed by atoms with E-state index in [2.05, 4.69) is 9.15 Å². The molecule has 0 aromatic carbocycles. The highest BCUT2D eigenvalue weighted by atomic mass is 19.3. The number of methoxy groups -OCH3 is 1. The smallest absolute Gasteiger partial charge is 0.373 e. The fraction of sp³-hybridized carbons (Fsp3) is 0.375. The van der Waals surface area contributed by atoms with Crippen LogP contribution in [0.5, 0.6) is 0 Å². The molecular weight excluding hydrogens is 198 g/mol. The number of rotatable bonds is 3. The van der Waals surface area contributed by atoms with Crippen molar-refractivity contribution in [2.75, 3.05) is 13.7 Å². The van der Waals surface area contributed by atoms with Gasteiger partial charge in [-0.05, 0) is 12.1 Å². The van der Waals surface area contributed by atoms with Gasteiger partial charge in [0.05, 0.1) is 7.11 Å². The van der Waals surface area contributed by atoms with Crippen LogP contribution in [0.3, 0.4) is 0 Å². The van der Waals surface area contributed by atoms with E-state index in [4.69, 9.17) is 5.11 Å². The standard InChI is InChI=1S/C8H8F2O4/c1-13-7(12)5-2-3-6(14-5)8(9,10)4-11/h2-3,11H,4H2,1H3. The summed E-state index contributed by atoms with van der Waals surface area (Å²) < 4.78 is 34.3. The lowest BCUT2D eigenvalue weighted by atomic mass is 10.3. The third-order valence-corrected chi connectivity index (χ3v) is 1.55. The molecule has 14 heavy (non-hydrogen) atoms. The van der Waals surface area contributed by atoms with Crippen LogP contribution >= 0.6 is 0 Å². The minimum absolute atomic E-state index is 0.323. The Hall–Kier alpha value is -1.43. The zero-order valence-corrected chi connectivity index (χ0v) is 7.29. The van der Waals surface area contributed by atoms with E-state index >= 15 is 0 Å². The van der Waals surface area contributed by atoms with Gasteiger partial charge in [-0.1, -0.05) is 0 Å². The number of carbonyl (C=O) groups is 1. The van der Waals surface area contributed by atoms with Gasteiger partial charge in [0.25, 0.3) is 0 Å². The minimum Gasteiger partial charge on any atom is -0.463 e. The molecule has 0 unspecified atom stereocenters. The van der Waals surface area contributed by atoms with Gasteiger partial charge in [0.1, 0.15) is 6.61 Å². The summed E-state index contributed by atoms with van der Waals surface area (Å²) in [5, 5.41) is 8.33. The Kier molecular flexibility index (Phi) is 2.85. The van der Waals surface area contributed by atoms with E-state index in [1.807, 2.05) is 0 Å². The van der Waals surface area contributed by atoms with E-state index < -0.39 is 24.3 Å². The first-order valence-electron chi connectivity index (χ1n) is 3.68. The number of carbonyl (C=O) groups excluding carboxylic acids is 1. The molecule has 4 nitrogen and oxygen atoms in total. The second-order valence-electron chi connectivity index (χ2n) is 2.52. The number of aliphatic hydroxyl groups is 1. The molecule has 0 fully saturated rings. The van der Waals surface area contributed by atoms with Crippen molar-refractivity contribution in [1.82, 2.24) is 0 Å². The van der Waals surface area contributed by atoms with Crippen LogP contribution in [0, 0.1) is 0 Å². The van der Waals surface area contributed by atoms with Crippen molar-refractivity contribution in [3.63, 3.8) is 0 Å². The number of aliphatic hydroxyl groups excluding tert-OH is 1. The highest BCUT2D eigenvalue weighted by Gasteiger charge is 2.35. The molecule has 1 aromatic heterocycles. The van der Waals surface area contributed by atoms with Crippen LogP contribution in [-0.2, 0) is 10.7 Å². The van der Waals surface area contributed by atoms with Gasteiger partial charge in [0, 0.05) is 0 Å². The summed E-state index contributed by atoms with van der Waals surface area (Å²) >= 11 is 0. The van der Waals surface area contributed by atoms with Crippen LogP contribution in [0.25, 0.3) is 0 Å². The average molecular weight is 206 g/mol. The van der Waals surface area contributed by atoms with Gasteiger partial charge >= 0.3 is 11.9 Å². The molecule has 0 aliphatic carbocycles. The number of halogens is 2. The van der Waals surface area contributed by atoms with Crippen molar-refractivity contribution >= 4 is 5.97 Å². The number of alkyl halides is 2. The number of esters is 1. The zero-order chi connectivity index (χ0) is 10.8. The highest BCUT2D eigenvalue weighted by Crippen LogP contribution is 2.28. The Morgan fingerprint density at radius 1 is 1.64 bits per heavy atom. The van der Waals surface area contributed by atoms with E-state index in [0.29, 0.717) is 0 Å². The van der Waals surface area contributed by atoms with Gasteiger partial charge in [0.15, 0.2) is 5.76 Å². The summed E-state index contributed by atoms with van der Waals surface area (Å²) in [5.74, 6) is -5.41. The van der Waals surface area contributed by atoms with E-state index in [1.54, 1.807) is 0 Å². The molecule has 0 atom stereocenters.